The molecule has 1 saturated carbocycles. The summed E-state index contributed by atoms with van der Waals surface area (Å²) in [5, 5.41) is 6.27. The first-order valence-electron chi connectivity index (χ1n) is 12.2. The minimum atomic E-state index is -0.744. The number of benzene rings is 1. The second kappa shape index (κ2) is 13.3. The van der Waals surface area contributed by atoms with Gasteiger partial charge in [-0.15, -0.1) is 0 Å². The highest BCUT2D eigenvalue weighted by Gasteiger charge is 2.37. The number of carbonyl (C=O) groups is 2. The van der Waals surface area contributed by atoms with Crippen LogP contribution in [0.15, 0.2) is 66.5 Å². The number of hydrogen-bond donors (Lipinski definition) is 2. The number of nitrogens with zero attached hydrogens (tertiary/aromatic N) is 2. The fourth-order valence-electron chi connectivity index (χ4n) is 4.01. The Hall–Kier alpha value is -2.81. The van der Waals surface area contributed by atoms with Gasteiger partial charge in [-0.25, -0.2) is 4.39 Å². The number of halogens is 1. The van der Waals surface area contributed by atoms with Gasteiger partial charge in [-0.05, 0) is 38.6 Å². The molecule has 0 bridgehead atoms. The molecule has 190 valence electrons. The molecular weight excluding hydrogens is 447 g/mol. The lowest BCUT2D eigenvalue weighted by molar-refractivity contribution is -0.136. The molecule has 0 aromatic heterocycles. The first-order chi connectivity index (χ1) is 16.9. The van der Waals surface area contributed by atoms with Crippen molar-refractivity contribution in [1.29, 1.82) is 0 Å². The zero-order valence-corrected chi connectivity index (χ0v) is 20.7. The van der Waals surface area contributed by atoms with Crippen molar-refractivity contribution in [2.24, 2.45) is 5.92 Å². The molecule has 7 nitrogen and oxygen atoms in total. The van der Waals surface area contributed by atoms with Crippen LogP contribution in [0.5, 0.6) is 0 Å². The highest BCUT2D eigenvalue weighted by atomic mass is 19.1. The minimum absolute atomic E-state index is 0.109. The van der Waals surface area contributed by atoms with Gasteiger partial charge in [0.25, 0.3) is 5.91 Å². The third-order valence-electron chi connectivity index (χ3n) is 6.39. The van der Waals surface area contributed by atoms with Gasteiger partial charge in [0, 0.05) is 50.2 Å². The molecule has 1 aromatic rings. The molecule has 1 aliphatic carbocycles. The van der Waals surface area contributed by atoms with E-state index in [4.69, 9.17) is 4.74 Å². The van der Waals surface area contributed by atoms with Crippen molar-refractivity contribution in [3.8, 4) is 0 Å². The fourth-order valence-corrected chi connectivity index (χ4v) is 4.01. The van der Waals surface area contributed by atoms with E-state index in [0.717, 1.165) is 25.1 Å². The van der Waals surface area contributed by atoms with Gasteiger partial charge in [-0.2, -0.15) is 0 Å². The van der Waals surface area contributed by atoms with Gasteiger partial charge in [0.15, 0.2) is 0 Å². The maximum Gasteiger partial charge on any atom is 0.251 e. The van der Waals surface area contributed by atoms with Crippen LogP contribution < -0.4 is 10.6 Å². The van der Waals surface area contributed by atoms with Gasteiger partial charge < -0.3 is 25.2 Å². The molecule has 1 saturated heterocycles. The smallest absolute Gasteiger partial charge is 0.251 e. The van der Waals surface area contributed by atoms with Crippen LogP contribution in [-0.2, 0) is 9.53 Å². The fraction of sp³-hybridized carbons (Fsp3) is 0.481. The van der Waals surface area contributed by atoms with E-state index in [0.29, 0.717) is 43.8 Å². The van der Waals surface area contributed by atoms with Crippen LogP contribution in [0.3, 0.4) is 0 Å². The van der Waals surface area contributed by atoms with E-state index in [1.165, 1.54) is 12.2 Å². The number of nitrogens with one attached hydrogen (secondary N) is 2. The number of amides is 2. The van der Waals surface area contributed by atoms with Gasteiger partial charge in [-0.1, -0.05) is 42.5 Å². The Balaban J connectivity index is 1.45. The predicted molar refractivity (Wildman–Crippen MR) is 136 cm³/mol. The largest absolute Gasteiger partial charge is 0.377 e. The molecule has 1 aliphatic heterocycles. The first kappa shape index (κ1) is 26.8. The number of ether oxygens (including phenoxy) is 1. The number of allylic oxidation sites excluding steroid dienone is 4. The van der Waals surface area contributed by atoms with Crippen LogP contribution in [0, 0.1) is 5.92 Å². The van der Waals surface area contributed by atoms with E-state index in [-0.39, 0.29) is 24.2 Å². The molecule has 3 rings (SSSR count). The predicted octanol–water partition coefficient (Wildman–Crippen LogP) is 2.54. The zero-order valence-electron chi connectivity index (χ0n) is 20.7. The SMILES string of the molecule is C=C(/C=C\C(F)=C/C)[C@@H]1C[C@H]1NCCOC[C@H](NC(=O)c1ccccc1)C(=O)N1CCN(C)CC1. The van der Waals surface area contributed by atoms with Crippen LogP contribution >= 0.6 is 0 Å². The summed E-state index contributed by atoms with van der Waals surface area (Å²) in [5.41, 5.74) is 1.41. The minimum Gasteiger partial charge on any atom is -0.377 e. The topological polar surface area (TPSA) is 73.9 Å². The number of hydrogen-bond acceptors (Lipinski definition) is 5. The normalized spacial score (nSPS) is 21.7. The lowest BCUT2D eigenvalue weighted by Gasteiger charge is -2.34. The summed E-state index contributed by atoms with van der Waals surface area (Å²) in [6.45, 7) is 9.69. The lowest BCUT2D eigenvalue weighted by atomic mass is 10.1. The molecule has 2 fully saturated rings. The van der Waals surface area contributed by atoms with Crippen molar-refractivity contribution in [3.05, 3.63) is 72.1 Å². The summed E-state index contributed by atoms with van der Waals surface area (Å²) >= 11 is 0. The Morgan fingerprint density at radius 2 is 1.91 bits per heavy atom. The zero-order chi connectivity index (χ0) is 25.2. The maximum atomic E-state index is 13.2. The number of rotatable bonds is 12. The first-order valence-corrected chi connectivity index (χ1v) is 12.2. The molecule has 2 N–H and O–H groups in total. The standard InChI is InChI=1S/C27H37FN4O3/c1-4-22(28)11-10-20(2)23-18-24(23)29-12-17-35-19-25(27(34)32-15-13-31(3)14-16-32)30-26(33)21-8-6-5-7-9-21/h4-11,23-25,29H,2,12-19H2,1,3H3,(H,30,33)/b11-10-,22-4+/t23-,24+,25-/m0/s1. The summed E-state index contributed by atoms with van der Waals surface area (Å²) in [4.78, 5) is 29.8. The average Bonchev–Trinajstić information content (AvgIpc) is 3.66. The molecule has 1 heterocycles. The van der Waals surface area contributed by atoms with Crippen LogP contribution in [-0.4, -0.2) is 86.7 Å². The van der Waals surface area contributed by atoms with Gasteiger partial charge in [0.1, 0.15) is 11.9 Å². The molecule has 3 atom stereocenters. The number of carbonyl (C=O) groups excluding carboxylic acids is 2. The second-order valence-corrected chi connectivity index (χ2v) is 9.08. The summed E-state index contributed by atoms with van der Waals surface area (Å²) in [6, 6.07) is 8.42. The van der Waals surface area contributed by atoms with E-state index >= 15 is 0 Å². The second-order valence-electron chi connectivity index (χ2n) is 9.08. The van der Waals surface area contributed by atoms with Crippen molar-refractivity contribution in [2.75, 3.05) is 53.0 Å². The third kappa shape index (κ3) is 8.42. The Morgan fingerprint density at radius 1 is 1.20 bits per heavy atom. The van der Waals surface area contributed by atoms with Gasteiger partial charge >= 0.3 is 0 Å². The molecule has 1 aromatic carbocycles. The van der Waals surface area contributed by atoms with Crippen LogP contribution in [0.4, 0.5) is 4.39 Å². The quantitative estimate of drug-likeness (QED) is 0.352. The Bertz CT molecular complexity index is 926. The van der Waals surface area contributed by atoms with E-state index in [1.807, 2.05) is 13.1 Å². The van der Waals surface area contributed by atoms with Crippen LogP contribution in [0.2, 0.25) is 0 Å². The summed E-state index contributed by atoms with van der Waals surface area (Å²) in [6.07, 6.45) is 5.52. The molecule has 0 spiro atoms. The third-order valence-corrected chi connectivity index (χ3v) is 6.39. The van der Waals surface area contributed by atoms with E-state index < -0.39 is 6.04 Å². The number of piperazine rings is 1. The summed E-state index contributed by atoms with van der Waals surface area (Å²) in [5.74, 6) is -0.382. The van der Waals surface area contributed by atoms with Crippen LogP contribution in [0.25, 0.3) is 0 Å². The van der Waals surface area contributed by atoms with Gasteiger partial charge in [0.2, 0.25) is 5.91 Å². The van der Waals surface area contributed by atoms with Crippen molar-refractivity contribution in [3.63, 3.8) is 0 Å². The summed E-state index contributed by atoms with van der Waals surface area (Å²) < 4.78 is 19.0. The molecule has 2 aliphatic rings. The number of likely N-dealkylation sites (N-methyl/N-ethyl adjacent to an activating group) is 1. The monoisotopic (exact) mass is 484 g/mol. The van der Waals surface area contributed by atoms with E-state index in [1.54, 1.807) is 42.2 Å². The maximum absolute atomic E-state index is 13.2. The van der Waals surface area contributed by atoms with Gasteiger partial charge in [0.05, 0.1) is 13.2 Å². The van der Waals surface area contributed by atoms with Gasteiger partial charge in [-0.3, -0.25) is 9.59 Å². The van der Waals surface area contributed by atoms with Crippen LogP contribution in [0.1, 0.15) is 23.7 Å². The molecule has 0 radical (unpaired) electrons. The highest BCUT2D eigenvalue weighted by Crippen LogP contribution is 2.37. The van der Waals surface area contributed by atoms with Crippen molar-refractivity contribution in [1.82, 2.24) is 20.4 Å². The molecular formula is C27H37FN4O3. The Kier molecular flexibility index (Phi) is 10.2. The Labute approximate surface area is 207 Å². The van der Waals surface area contributed by atoms with E-state index in [9.17, 15) is 14.0 Å². The lowest BCUT2D eigenvalue weighted by Crippen LogP contribution is -2.55. The average molecular weight is 485 g/mol. The van der Waals surface area contributed by atoms with Crippen molar-refractivity contribution in [2.45, 2.75) is 25.4 Å². The van der Waals surface area contributed by atoms with Crippen molar-refractivity contribution < 1.29 is 18.7 Å². The van der Waals surface area contributed by atoms with E-state index in [2.05, 4.69) is 22.1 Å². The molecule has 8 heteroatoms. The molecule has 35 heavy (non-hydrogen) atoms. The Morgan fingerprint density at radius 3 is 2.60 bits per heavy atom. The molecule has 0 unspecified atom stereocenters. The molecule has 2 amide bonds. The van der Waals surface area contributed by atoms with Crippen molar-refractivity contribution >= 4 is 11.8 Å². The highest BCUT2D eigenvalue weighted by molar-refractivity contribution is 5.97. The summed E-state index contributed by atoms with van der Waals surface area (Å²) in [7, 11) is 2.03.